The molecule has 4 rings (SSSR count). The van der Waals surface area contributed by atoms with Crippen LogP contribution in [-0.2, 0) is 12.7 Å². The van der Waals surface area contributed by atoms with Gasteiger partial charge in [0, 0.05) is 6.92 Å². The molecule has 0 amide bonds. The molecule has 2 aromatic heterocycles. The van der Waals surface area contributed by atoms with Gasteiger partial charge in [0.2, 0.25) is 11.8 Å². The van der Waals surface area contributed by atoms with Gasteiger partial charge in [0.05, 0.1) is 28.4 Å². The summed E-state index contributed by atoms with van der Waals surface area (Å²) in [6.07, 6.45) is -4.42. The highest BCUT2D eigenvalue weighted by Crippen LogP contribution is 2.37. The van der Waals surface area contributed by atoms with Gasteiger partial charge in [0.15, 0.2) is 5.16 Å². The van der Waals surface area contributed by atoms with Crippen molar-refractivity contribution in [3.63, 3.8) is 0 Å². The van der Waals surface area contributed by atoms with Crippen LogP contribution in [0.15, 0.2) is 58.1 Å². The van der Waals surface area contributed by atoms with Crippen LogP contribution in [0, 0.1) is 6.92 Å². The van der Waals surface area contributed by atoms with E-state index in [9.17, 15) is 13.2 Å². The van der Waals surface area contributed by atoms with Crippen molar-refractivity contribution in [1.82, 2.24) is 19.7 Å². The van der Waals surface area contributed by atoms with Gasteiger partial charge >= 0.3 is 6.18 Å². The van der Waals surface area contributed by atoms with Crippen LogP contribution in [0.5, 0.6) is 0 Å². The van der Waals surface area contributed by atoms with Crippen molar-refractivity contribution < 1.29 is 17.6 Å². The van der Waals surface area contributed by atoms with E-state index in [-0.39, 0.29) is 5.25 Å². The Morgan fingerprint density at radius 2 is 1.86 bits per heavy atom. The molecule has 29 heavy (non-hydrogen) atoms. The maximum atomic E-state index is 13.1. The van der Waals surface area contributed by atoms with Crippen LogP contribution < -0.4 is 0 Å². The molecule has 1 unspecified atom stereocenters. The first-order valence-electron chi connectivity index (χ1n) is 8.89. The Morgan fingerprint density at radius 1 is 1.10 bits per heavy atom. The van der Waals surface area contributed by atoms with Crippen LogP contribution in [0.2, 0.25) is 0 Å². The van der Waals surface area contributed by atoms with Crippen molar-refractivity contribution in [3.8, 4) is 0 Å². The average Bonchev–Trinajstić information content (AvgIpc) is 3.25. The standard InChI is InChI=1S/C20H17F3N4OS/c1-12(18-26-25-13(2)28-18)29-19-24-16-10-15(20(21,22)23)8-9-17(16)27(19)11-14-6-4-3-5-7-14/h3-10,12H,11H2,1-2H3. The minimum absolute atomic E-state index is 0.204. The maximum absolute atomic E-state index is 13.1. The van der Waals surface area contributed by atoms with Crippen LogP contribution in [0.4, 0.5) is 13.2 Å². The molecule has 5 nitrogen and oxygen atoms in total. The van der Waals surface area contributed by atoms with E-state index in [1.165, 1.54) is 17.8 Å². The molecule has 0 aliphatic rings. The number of thioether (sulfide) groups is 1. The number of fused-ring (bicyclic) bond motifs is 1. The van der Waals surface area contributed by atoms with Crippen molar-refractivity contribution >= 4 is 22.8 Å². The van der Waals surface area contributed by atoms with Crippen molar-refractivity contribution in [2.75, 3.05) is 0 Å². The van der Waals surface area contributed by atoms with Gasteiger partial charge in [0.25, 0.3) is 0 Å². The SMILES string of the molecule is Cc1nnc(C(C)Sc2nc3cc(C(F)(F)F)ccc3n2Cc2ccccc2)o1. The van der Waals surface area contributed by atoms with E-state index >= 15 is 0 Å². The summed E-state index contributed by atoms with van der Waals surface area (Å²) in [5, 5.41) is 8.26. The van der Waals surface area contributed by atoms with Crippen LogP contribution in [0.1, 0.15) is 35.1 Å². The Labute approximate surface area is 169 Å². The molecule has 0 N–H and O–H groups in total. The fourth-order valence-corrected chi connectivity index (χ4v) is 3.93. The number of imidazole rings is 1. The number of aromatic nitrogens is 4. The number of alkyl halides is 3. The van der Waals surface area contributed by atoms with Gasteiger partial charge in [0.1, 0.15) is 0 Å². The molecule has 150 valence electrons. The quantitative estimate of drug-likeness (QED) is 0.392. The Hall–Kier alpha value is -2.81. The molecule has 0 saturated carbocycles. The van der Waals surface area contributed by atoms with Gasteiger partial charge in [-0.05, 0) is 30.7 Å². The predicted molar refractivity (Wildman–Crippen MR) is 104 cm³/mol. The molecule has 9 heteroatoms. The first kappa shape index (κ1) is 19.5. The monoisotopic (exact) mass is 418 g/mol. The molecule has 0 bridgehead atoms. The van der Waals surface area contributed by atoms with E-state index in [4.69, 9.17) is 4.42 Å². The summed E-state index contributed by atoms with van der Waals surface area (Å²) in [4.78, 5) is 4.49. The van der Waals surface area contributed by atoms with Gasteiger partial charge in [-0.1, -0.05) is 42.1 Å². The lowest BCUT2D eigenvalue weighted by molar-refractivity contribution is -0.137. The minimum atomic E-state index is -4.42. The van der Waals surface area contributed by atoms with E-state index in [0.717, 1.165) is 17.7 Å². The van der Waals surface area contributed by atoms with Crippen LogP contribution >= 0.6 is 11.8 Å². The van der Waals surface area contributed by atoms with Crippen LogP contribution in [0.25, 0.3) is 11.0 Å². The Kier molecular flexibility index (Phi) is 5.08. The highest BCUT2D eigenvalue weighted by molar-refractivity contribution is 7.99. The number of rotatable bonds is 5. The third kappa shape index (κ3) is 4.14. The molecule has 0 radical (unpaired) electrons. The second-order valence-electron chi connectivity index (χ2n) is 6.59. The fourth-order valence-electron chi connectivity index (χ4n) is 2.98. The Balaban J connectivity index is 1.76. The highest BCUT2D eigenvalue weighted by Gasteiger charge is 2.31. The maximum Gasteiger partial charge on any atom is 0.416 e. The lowest BCUT2D eigenvalue weighted by Gasteiger charge is -2.11. The summed E-state index contributed by atoms with van der Waals surface area (Å²) in [5.41, 5.74) is 1.24. The zero-order valence-corrected chi connectivity index (χ0v) is 16.5. The van der Waals surface area contributed by atoms with Gasteiger partial charge in [-0.25, -0.2) is 4.98 Å². The minimum Gasteiger partial charge on any atom is -0.424 e. The van der Waals surface area contributed by atoms with E-state index in [1.807, 2.05) is 41.8 Å². The smallest absolute Gasteiger partial charge is 0.416 e. The third-order valence-corrected chi connectivity index (χ3v) is 5.47. The first-order valence-corrected chi connectivity index (χ1v) is 9.77. The summed E-state index contributed by atoms with van der Waals surface area (Å²) < 4.78 is 46.8. The van der Waals surface area contributed by atoms with Crippen molar-refractivity contribution in [3.05, 3.63) is 71.4 Å². The van der Waals surface area contributed by atoms with Gasteiger partial charge in [-0.3, -0.25) is 0 Å². The zero-order valence-electron chi connectivity index (χ0n) is 15.6. The Bertz CT molecular complexity index is 1140. The van der Waals surface area contributed by atoms with E-state index in [0.29, 0.717) is 34.5 Å². The molecule has 0 aliphatic heterocycles. The molecule has 2 aromatic carbocycles. The molecule has 0 saturated heterocycles. The first-order chi connectivity index (χ1) is 13.8. The number of nitrogens with zero attached hydrogens (tertiary/aromatic N) is 4. The van der Waals surface area contributed by atoms with Gasteiger partial charge in [-0.15, -0.1) is 10.2 Å². The zero-order chi connectivity index (χ0) is 20.6. The van der Waals surface area contributed by atoms with Gasteiger partial charge < -0.3 is 8.98 Å². The van der Waals surface area contributed by atoms with E-state index in [2.05, 4.69) is 15.2 Å². The Morgan fingerprint density at radius 3 is 2.52 bits per heavy atom. The third-order valence-electron chi connectivity index (χ3n) is 4.40. The summed E-state index contributed by atoms with van der Waals surface area (Å²) in [6.45, 7) is 4.09. The molecular weight excluding hydrogens is 401 g/mol. The fraction of sp³-hybridized carbons (Fsp3) is 0.250. The molecular formula is C20H17F3N4OS. The summed E-state index contributed by atoms with van der Waals surface area (Å²) in [5.74, 6) is 0.904. The molecule has 0 spiro atoms. The number of hydrogen-bond acceptors (Lipinski definition) is 5. The van der Waals surface area contributed by atoms with Crippen molar-refractivity contribution in [2.45, 2.75) is 37.0 Å². The lowest BCUT2D eigenvalue weighted by Crippen LogP contribution is -2.05. The molecule has 4 aromatic rings. The number of hydrogen-bond donors (Lipinski definition) is 0. The largest absolute Gasteiger partial charge is 0.424 e. The highest BCUT2D eigenvalue weighted by atomic mass is 32.2. The van der Waals surface area contributed by atoms with Crippen LogP contribution in [-0.4, -0.2) is 19.7 Å². The predicted octanol–water partition coefficient (Wildman–Crippen LogP) is 5.65. The van der Waals surface area contributed by atoms with Crippen molar-refractivity contribution in [2.24, 2.45) is 0 Å². The number of benzene rings is 2. The lowest BCUT2D eigenvalue weighted by atomic mass is 10.2. The molecule has 0 fully saturated rings. The molecule has 2 heterocycles. The summed E-state index contributed by atoms with van der Waals surface area (Å²) in [6, 6.07) is 13.3. The average molecular weight is 418 g/mol. The van der Waals surface area contributed by atoms with Crippen LogP contribution in [0.3, 0.4) is 0 Å². The second-order valence-corrected chi connectivity index (χ2v) is 7.89. The van der Waals surface area contributed by atoms with E-state index in [1.54, 1.807) is 6.92 Å². The topological polar surface area (TPSA) is 56.7 Å². The molecule has 1 atom stereocenters. The van der Waals surface area contributed by atoms with Gasteiger partial charge in [-0.2, -0.15) is 13.2 Å². The molecule has 0 aliphatic carbocycles. The summed E-state index contributed by atoms with van der Waals surface area (Å²) >= 11 is 1.37. The normalized spacial score (nSPS) is 13.1. The van der Waals surface area contributed by atoms with E-state index < -0.39 is 11.7 Å². The summed E-state index contributed by atoms with van der Waals surface area (Å²) in [7, 11) is 0. The number of halogens is 3. The van der Waals surface area contributed by atoms with Crippen molar-refractivity contribution in [1.29, 1.82) is 0 Å². The second kappa shape index (κ2) is 7.55. The number of aryl methyl sites for hydroxylation is 1.